The Bertz CT molecular complexity index is 298. The molecule has 0 aromatic carbocycles. The second kappa shape index (κ2) is 5.08. The number of carbonyl (C=O) groups is 1. The van der Waals surface area contributed by atoms with Crippen LogP contribution in [0.4, 0.5) is 4.79 Å². The molecule has 4 heteroatoms. The van der Waals surface area contributed by atoms with Gasteiger partial charge in [0.05, 0.1) is 0 Å². The van der Waals surface area contributed by atoms with E-state index in [0.717, 1.165) is 32.6 Å². The van der Waals surface area contributed by atoms with Crippen LogP contribution in [0.15, 0.2) is 0 Å². The van der Waals surface area contributed by atoms with Crippen molar-refractivity contribution in [3.63, 3.8) is 0 Å². The fraction of sp³-hybridized carbons (Fsp3) is 0.929. The van der Waals surface area contributed by atoms with Crippen LogP contribution in [0.5, 0.6) is 0 Å². The standard InChI is InChI=1S/C14H26N2O2/c1-13(2,3)18-12(17)16-10-4-5-14(11-16)6-8-15-9-7-14/h15H,4-11H2,1-3H3. The molecule has 2 rings (SSSR count). The molecule has 1 spiro atoms. The third-order valence-electron chi connectivity index (χ3n) is 3.98. The molecule has 0 saturated carbocycles. The van der Waals surface area contributed by atoms with Gasteiger partial charge >= 0.3 is 6.09 Å². The molecule has 2 aliphatic heterocycles. The van der Waals surface area contributed by atoms with Crippen LogP contribution in [-0.4, -0.2) is 42.8 Å². The van der Waals surface area contributed by atoms with Gasteiger partial charge in [0.15, 0.2) is 0 Å². The highest BCUT2D eigenvalue weighted by Crippen LogP contribution is 2.38. The van der Waals surface area contributed by atoms with Crippen molar-refractivity contribution in [1.29, 1.82) is 0 Å². The van der Waals surface area contributed by atoms with Crippen LogP contribution >= 0.6 is 0 Å². The van der Waals surface area contributed by atoms with Crippen LogP contribution < -0.4 is 5.32 Å². The van der Waals surface area contributed by atoms with Gasteiger partial charge in [-0.3, -0.25) is 0 Å². The van der Waals surface area contributed by atoms with Gasteiger partial charge in [-0.2, -0.15) is 0 Å². The van der Waals surface area contributed by atoms with Crippen molar-refractivity contribution in [2.75, 3.05) is 26.2 Å². The van der Waals surface area contributed by atoms with E-state index < -0.39 is 5.60 Å². The predicted octanol–water partition coefficient (Wildman–Crippen LogP) is 2.39. The van der Waals surface area contributed by atoms with Crippen molar-refractivity contribution in [2.24, 2.45) is 5.41 Å². The van der Waals surface area contributed by atoms with Crippen LogP contribution in [0.3, 0.4) is 0 Å². The fourth-order valence-corrected chi connectivity index (χ4v) is 3.06. The summed E-state index contributed by atoms with van der Waals surface area (Å²) in [5.74, 6) is 0. The molecule has 104 valence electrons. The van der Waals surface area contributed by atoms with Gasteiger partial charge in [0, 0.05) is 13.1 Å². The second-order valence-corrected chi connectivity index (χ2v) is 6.76. The first-order chi connectivity index (χ1) is 8.40. The lowest BCUT2D eigenvalue weighted by Crippen LogP contribution is -2.51. The van der Waals surface area contributed by atoms with Crippen LogP contribution in [0.25, 0.3) is 0 Å². The second-order valence-electron chi connectivity index (χ2n) is 6.76. The average Bonchev–Trinajstić information content (AvgIpc) is 2.28. The highest BCUT2D eigenvalue weighted by molar-refractivity contribution is 5.68. The lowest BCUT2D eigenvalue weighted by molar-refractivity contribution is -0.00180. The molecule has 0 radical (unpaired) electrons. The maximum Gasteiger partial charge on any atom is 0.410 e. The van der Waals surface area contributed by atoms with Gasteiger partial charge in [-0.1, -0.05) is 0 Å². The Kier molecular flexibility index (Phi) is 3.85. The smallest absolute Gasteiger partial charge is 0.410 e. The first kappa shape index (κ1) is 13.7. The summed E-state index contributed by atoms with van der Waals surface area (Å²) < 4.78 is 5.48. The number of hydrogen-bond acceptors (Lipinski definition) is 3. The maximum absolute atomic E-state index is 12.1. The Morgan fingerprint density at radius 2 is 1.89 bits per heavy atom. The lowest BCUT2D eigenvalue weighted by atomic mass is 9.73. The molecule has 2 aliphatic rings. The molecule has 1 amide bonds. The number of nitrogens with one attached hydrogen (secondary N) is 1. The zero-order valence-electron chi connectivity index (χ0n) is 11.9. The topological polar surface area (TPSA) is 41.6 Å². The van der Waals surface area contributed by atoms with Gasteiger partial charge in [0.1, 0.15) is 5.60 Å². The summed E-state index contributed by atoms with van der Waals surface area (Å²) in [6.07, 6.45) is 4.60. The largest absolute Gasteiger partial charge is 0.444 e. The molecule has 4 nitrogen and oxygen atoms in total. The molecule has 0 aliphatic carbocycles. The molecule has 18 heavy (non-hydrogen) atoms. The van der Waals surface area contributed by atoms with Gasteiger partial charge in [0.25, 0.3) is 0 Å². The molecule has 1 N–H and O–H groups in total. The van der Waals surface area contributed by atoms with Crippen molar-refractivity contribution < 1.29 is 9.53 Å². The lowest BCUT2D eigenvalue weighted by Gasteiger charge is -2.45. The predicted molar refractivity (Wildman–Crippen MR) is 71.6 cm³/mol. The Balaban J connectivity index is 1.95. The number of ether oxygens (including phenoxy) is 1. The highest BCUT2D eigenvalue weighted by Gasteiger charge is 2.38. The molecule has 2 heterocycles. The zero-order valence-corrected chi connectivity index (χ0v) is 11.9. The van der Waals surface area contributed by atoms with E-state index in [1.165, 1.54) is 19.3 Å². The monoisotopic (exact) mass is 254 g/mol. The van der Waals surface area contributed by atoms with Gasteiger partial charge in [-0.15, -0.1) is 0 Å². The summed E-state index contributed by atoms with van der Waals surface area (Å²) in [6, 6.07) is 0. The number of piperidine rings is 2. The first-order valence-electron chi connectivity index (χ1n) is 7.09. The van der Waals surface area contributed by atoms with E-state index in [2.05, 4.69) is 5.32 Å². The Labute approximate surface area is 110 Å². The zero-order chi connectivity index (χ0) is 13.2. The average molecular weight is 254 g/mol. The SMILES string of the molecule is CC(C)(C)OC(=O)N1CCCC2(CCNCC2)C1. The van der Waals surface area contributed by atoms with Crippen molar-refractivity contribution in [1.82, 2.24) is 10.2 Å². The molecule has 2 fully saturated rings. The van der Waals surface area contributed by atoms with E-state index in [4.69, 9.17) is 4.74 Å². The number of carbonyl (C=O) groups excluding carboxylic acids is 1. The van der Waals surface area contributed by atoms with E-state index in [1.54, 1.807) is 0 Å². The van der Waals surface area contributed by atoms with Crippen molar-refractivity contribution in [3.05, 3.63) is 0 Å². The third-order valence-corrected chi connectivity index (χ3v) is 3.98. The van der Waals surface area contributed by atoms with Crippen molar-refractivity contribution in [3.8, 4) is 0 Å². The number of nitrogens with zero attached hydrogens (tertiary/aromatic N) is 1. The number of rotatable bonds is 0. The summed E-state index contributed by atoms with van der Waals surface area (Å²) in [4.78, 5) is 14.0. The van der Waals surface area contributed by atoms with Gasteiger partial charge in [-0.05, 0) is 65.0 Å². The molecule has 0 aromatic heterocycles. The van der Waals surface area contributed by atoms with E-state index in [-0.39, 0.29) is 6.09 Å². The Hall–Kier alpha value is -0.770. The maximum atomic E-state index is 12.1. The van der Waals surface area contributed by atoms with Gasteiger partial charge < -0.3 is 15.0 Å². The van der Waals surface area contributed by atoms with E-state index >= 15 is 0 Å². The van der Waals surface area contributed by atoms with Crippen LogP contribution in [0.1, 0.15) is 46.5 Å². The highest BCUT2D eigenvalue weighted by atomic mass is 16.6. The Morgan fingerprint density at radius 1 is 1.22 bits per heavy atom. The minimum atomic E-state index is -0.393. The summed E-state index contributed by atoms with van der Waals surface area (Å²) in [5.41, 5.74) is -0.0454. The fourth-order valence-electron chi connectivity index (χ4n) is 3.06. The van der Waals surface area contributed by atoms with Crippen molar-refractivity contribution >= 4 is 6.09 Å². The molecule has 0 unspecified atom stereocenters. The molecular formula is C14H26N2O2. The summed E-state index contributed by atoms with van der Waals surface area (Å²) in [6.45, 7) is 9.68. The van der Waals surface area contributed by atoms with Gasteiger partial charge in [0.2, 0.25) is 0 Å². The van der Waals surface area contributed by atoms with Gasteiger partial charge in [-0.25, -0.2) is 4.79 Å². The van der Waals surface area contributed by atoms with E-state index in [1.807, 2.05) is 25.7 Å². The molecule has 2 saturated heterocycles. The van der Waals surface area contributed by atoms with Crippen molar-refractivity contribution in [2.45, 2.75) is 52.1 Å². The third kappa shape index (κ3) is 3.37. The summed E-state index contributed by atoms with van der Waals surface area (Å²) in [7, 11) is 0. The molecule has 0 atom stereocenters. The van der Waals surface area contributed by atoms with Crippen LogP contribution in [0, 0.1) is 5.41 Å². The number of hydrogen-bond donors (Lipinski definition) is 1. The number of amides is 1. The van der Waals surface area contributed by atoms with E-state index in [0.29, 0.717) is 5.41 Å². The quantitative estimate of drug-likeness (QED) is 0.721. The normalized spacial score (nSPS) is 24.1. The van der Waals surface area contributed by atoms with Crippen LogP contribution in [0.2, 0.25) is 0 Å². The molecule has 0 bridgehead atoms. The number of likely N-dealkylation sites (tertiary alicyclic amines) is 1. The minimum Gasteiger partial charge on any atom is -0.444 e. The first-order valence-corrected chi connectivity index (χ1v) is 7.09. The van der Waals surface area contributed by atoms with Crippen LogP contribution in [-0.2, 0) is 4.74 Å². The molecule has 0 aromatic rings. The minimum absolute atomic E-state index is 0.139. The summed E-state index contributed by atoms with van der Waals surface area (Å²) in [5, 5.41) is 3.40. The van der Waals surface area contributed by atoms with E-state index in [9.17, 15) is 4.79 Å². The molecular weight excluding hydrogens is 228 g/mol. The summed E-state index contributed by atoms with van der Waals surface area (Å²) >= 11 is 0. The Morgan fingerprint density at radius 3 is 2.50 bits per heavy atom.